The maximum atomic E-state index is 14.8. The number of amides is 1. The summed E-state index contributed by atoms with van der Waals surface area (Å²) < 4.78 is 32.1. The molecule has 0 spiro atoms. The Bertz CT molecular complexity index is 3130. The van der Waals surface area contributed by atoms with Crippen molar-refractivity contribution < 1.29 is 38.1 Å². The van der Waals surface area contributed by atoms with Crippen LogP contribution in [0.1, 0.15) is 64.5 Å². The standard InChI is InChI=1S/C62H50N2O8/c65-58(53-38-55(69-42-47-25-11-3-12-26-47)59(71-44-49-29-15-5-16-30-49)56(39-53)70-43-48-27-13-4-14-28-48)51-33-19-34-52(37-51)60(66)63-57-54(68-41-46-23-9-2-10-24-46)35-20-36-64(40-45-21-7-1-8-22-45)61(57)72-62(67)50-31-17-6-18-32-50/h1-39H,40-44H2,(H,63,66). The molecule has 0 aromatic heterocycles. The van der Waals surface area contributed by atoms with E-state index < -0.39 is 17.7 Å². The number of hydrogen-bond donors (Lipinski definition) is 1. The lowest BCUT2D eigenvalue weighted by atomic mass is 10.00. The van der Waals surface area contributed by atoms with Crippen LogP contribution in [0, 0.1) is 0 Å². The molecule has 1 heterocycles. The van der Waals surface area contributed by atoms with Crippen molar-refractivity contribution in [2.75, 3.05) is 0 Å². The minimum Gasteiger partial charge on any atom is -0.487 e. The van der Waals surface area contributed by atoms with Gasteiger partial charge in [-0.3, -0.25) is 9.59 Å². The van der Waals surface area contributed by atoms with Crippen molar-refractivity contribution in [1.29, 1.82) is 0 Å². The van der Waals surface area contributed by atoms with Crippen LogP contribution in [0.25, 0.3) is 0 Å². The molecule has 1 aliphatic rings. The van der Waals surface area contributed by atoms with Crippen LogP contribution in [0.15, 0.2) is 254 Å². The largest absolute Gasteiger partial charge is 0.487 e. The van der Waals surface area contributed by atoms with E-state index in [1.807, 2.05) is 158 Å². The van der Waals surface area contributed by atoms with Crippen molar-refractivity contribution in [1.82, 2.24) is 10.2 Å². The molecule has 0 saturated carbocycles. The van der Waals surface area contributed by atoms with E-state index in [1.165, 1.54) is 6.07 Å². The zero-order chi connectivity index (χ0) is 49.3. The number of carbonyl (C=O) groups excluding carboxylic acids is 3. The Balaban J connectivity index is 1.07. The first-order valence-corrected chi connectivity index (χ1v) is 23.5. The highest BCUT2D eigenvalue weighted by Crippen LogP contribution is 2.41. The highest BCUT2D eigenvalue weighted by Gasteiger charge is 2.28. The number of benzene rings is 8. The molecule has 9 rings (SSSR count). The first-order valence-electron chi connectivity index (χ1n) is 23.5. The molecule has 72 heavy (non-hydrogen) atoms. The fourth-order valence-corrected chi connectivity index (χ4v) is 7.76. The van der Waals surface area contributed by atoms with E-state index in [1.54, 1.807) is 77.8 Å². The van der Waals surface area contributed by atoms with Crippen LogP contribution in [-0.2, 0) is 42.4 Å². The normalized spacial score (nSPS) is 12.0. The predicted octanol–water partition coefficient (Wildman–Crippen LogP) is 12.5. The van der Waals surface area contributed by atoms with Gasteiger partial charge in [-0.15, -0.1) is 0 Å². The summed E-state index contributed by atoms with van der Waals surface area (Å²) in [5, 5.41) is 3.03. The molecule has 0 aliphatic carbocycles. The second-order valence-electron chi connectivity index (χ2n) is 16.7. The van der Waals surface area contributed by atoms with Crippen LogP contribution in [0.2, 0.25) is 0 Å². The Kier molecular flexibility index (Phi) is 15.7. The van der Waals surface area contributed by atoms with Gasteiger partial charge in [-0.1, -0.05) is 182 Å². The highest BCUT2D eigenvalue weighted by atomic mass is 16.6. The fraction of sp³-hybridized carbons (Fsp3) is 0.0806. The lowest BCUT2D eigenvalue weighted by Gasteiger charge is -2.26. The van der Waals surface area contributed by atoms with Crippen LogP contribution in [0.4, 0.5) is 0 Å². The third kappa shape index (κ3) is 12.6. The minimum atomic E-state index is -0.642. The van der Waals surface area contributed by atoms with Crippen molar-refractivity contribution in [3.05, 3.63) is 304 Å². The molecule has 0 radical (unpaired) electrons. The third-order valence-electron chi connectivity index (χ3n) is 11.5. The summed E-state index contributed by atoms with van der Waals surface area (Å²) in [6.45, 7) is 1.02. The summed E-state index contributed by atoms with van der Waals surface area (Å²) in [6, 6.07) is 66.7. The van der Waals surface area contributed by atoms with Crippen LogP contribution in [-0.4, -0.2) is 22.6 Å². The Hall–Kier alpha value is -9.41. The van der Waals surface area contributed by atoms with Gasteiger partial charge in [0.05, 0.1) is 12.1 Å². The van der Waals surface area contributed by atoms with Crippen LogP contribution < -0.4 is 19.5 Å². The van der Waals surface area contributed by atoms with Gasteiger partial charge in [-0.05, 0) is 76.4 Å². The molecular formula is C62H50N2O8. The van der Waals surface area contributed by atoms with Gasteiger partial charge in [-0.25, -0.2) is 4.79 Å². The van der Waals surface area contributed by atoms with Crippen LogP contribution in [0.5, 0.6) is 17.2 Å². The number of nitrogens with zero attached hydrogens (tertiary/aromatic N) is 1. The van der Waals surface area contributed by atoms with E-state index in [0.29, 0.717) is 22.8 Å². The number of carbonyl (C=O) groups is 3. The third-order valence-corrected chi connectivity index (χ3v) is 11.5. The zero-order valence-corrected chi connectivity index (χ0v) is 39.3. The Labute approximate surface area is 418 Å². The van der Waals surface area contributed by atoms with E-state index in [2.05, 4.69) is 5.32 Å². The Morgan fingerprint density at radius 3 is 1.40 bits per heavy atom. The Morgan fingerprint density at radius 1 is 0.431 bits per heavy atom. The number of nitrogens with one attached hydrogen (secondary N) is 1. The first-order chi connectivity index (χ1) is 35.4. The van der Waals surface area contributed by atoms with Crippen LogP contribution in [0.3, 0.4) is 0 Å². The topological polar surface area (TPSA) is 113 Å². The van der Waals surface area contributed by atoms with Gasteiger partial charge in [0.2, 0.25) is 11.6 Å². The summed E-state index contributed by atoms with van der Waals surface area (Å²) in [6.07, 6.45) is 5.24. The molecule has 1 aliphatic heterocycles. The molecule has 1 N–H and O–H groups in total. The van der Waals surface area contributed by atoms with Gasteiger partial charge in [0.25, 0.3) is 5.91 Å². The number of allylic oxidation sites excluding steroid dienone is 2. The van der Waals surface area contributed by atoms with Crippen LogP contribution >= 0.6 is 0 Å². The summed E-state index contributed by atoms with van der Waals surface area (Å²) in [5.74, 6) is -0.416. The van der Waals surface area contributed by atoms with Crippen molar-refractivity contribution in [2.24, 2.45) is 0 Å². The maximum Gasteiger partial charge on any atom is 0.344 e. The van der Waals surface area contributed by atoms with E-state index in [-0.39, 0.29) is 67.0 Å². The second kappa shape index (κ2) is 23.7. The summed E-state index contributed by atoms with van der Waals surface area (Å²) in [7, 11) is 0. The van der Waals surface area contributed by atoms with E-state index >= 15 is 0 Å². The second-order valence-corrected chi connectivity index (χ2v) is 16.7. The van der Waals surface area contributed by atoms with Gasteiger partial charge in [0.1, 0.15) is 37.9 Å². The molecule has 10 nitrogen and oxygen atoms in total. The van der Waals surface area contributed by atoms with E-state index in [4.69, 9.17) is 23.7 Å². The van der Waals surface area contributed by atoms with Crippen molar-refractivity contribution in [2.45, 2.75) is 33.0 Å². The van der Waals surface area contributed by atoms with E-state index in [9.17, 15) is 14.4 Å². The van der Waals surface area contributed by atoms with Crippen molar-refractivity contribution in [3.63, 3.8) is 0 Å². The smallest absolute Gasteiger partial charge is 0.344 e. The monoisotopic (exact) mass is 950 g/mol. The SMILES string of the molecule is O=C(NC1=C(OC(=O)c2ccccc2)N(Cc2ccccc2)C=CC=C1OCc1ccccc1)c1cccc(C(=O)c2cc(OCc3ccccc3)c(OCc3ccccc3)c(OCc3ccccc3)c2)c1. The summed E-state index contributed by atoms with van der Waals surface area (Å²) in [4.78, 5) is 45.2. The quantitative estimate of drug-likeness (QED) is 0.0589. The minimum absolute atomic E-state index is 0.0296. The average Bonchev–Trinajstić information content (AvgIpc) is 3.59. The molecule has 8 aromatic carbocycles. The lowest BCUT2D eigenvalue weighted by molar-refractivity contribution is 0.0513. The lowest BCUT2D eigenvalue weighted by Crippen LogP contribution is -2.31. The number of ketones is 1. The van der Waals surface area contributed by atoms with Gasteiger partial charge in [-0.2, -0.15) is 0 Å². The number of esters is 1. The summed E-state index contributed by atoms with van der Waals surface area (Å²) >= 11 is 0. The predicted molar refractivity (Wildman–Crippen MR) is 275 cm³/mol. The molecule has 1 amide bonds. The maximum absolute atomic E-state index is 14.8. The molecule has 356 valence electrons. The molecular weight excluding hydrogens is 901 g/mol. The van der Waals surface area contributed by atoms with Gasteiger partial charge in [0, 0.05) is 22.9 Å². The highest BCUT2D eigenvalue weighted by molar-refractivity contribution is 6.11. The van der Waals surface area contributed by atoms with E-state index in [0.717, 1.165) is 27.8 Å². The Morgan fingerprint density at radius 2 is 0.875 bits per heavy atom. The molecule has 0 atom stereocenters. The average molecular weight is 951 g/mol. The number of hydrogen-bond acceptors (Lipinski definition) is 9. The zero-order valence-electron chi connectivity index (χ0n) is 39.3. The molecule has 8 aromatic rings. The van der Waals surface area contributed by atoms with Gasteiger partial charge >= 0.3 is 5.97 Å². The molecule has 0 fully saturated rings. The number of rotatable bonds is 20. The fourth-order valence-electron chi connectivity index (χ4n) is 7.76. The molecule has 0 unspecified atom stereocenters. The molecule has 10 heteroatoms. The van der Waals surface area contributed by atoms with Crippen molar-refractivity contribution >= 4 is 17.7 Å². The van der Waals surface area contributed by atoms with Crippen molar-refractivity contribution in [3.8, 4) is 17.2 Å². The van der Waals surface area contributed by atoms with Gasteiger partial charge in [0.15, 0.2) is 17.3 Å². The molecule has 0 bridgehead atoms. The summed E-state index contributed by atoms with van der Waals surface area (Å²) in [5.41, 5.74) is 5.59. The first kappa shape index (κ1) is 47.6. The number of ether oxygens (including phenoxy) is 5. The van der Waals surface area contributed by atoms with Gasteiger partial charge < -0.3 is 33.9 Å². The molecule has 0 saturated heterocycles.